The maximum absolute atomic E-state index is 9.58. The number of aryl methyl sites for hydroxylation is 2. The van der Waals surface area contributed by atoms with Crippen LogP contribution in [0.2, 0.25) is 0 Å². The molecule has 0 radical (unpaired) electrons. The highest BCUT2D eigenvalue weighted by molar-refractivity contribution is 5.44. The van der Waals surface area contributed by atoms with Crippen molar-refractivity contribution in [2.45, 2.75) is 40.2 Å². The van der Waals surface area contributed by atoms with Crippen LogP contribution in [-0.2, 0) is 6.42 Å². The molecular formula is C10H16O3. The van der Waals surface area contributed by atoms with Crippen LogP contribution in [0.3, 0.4) is 0 Å². The van der Waals surface area contributed by atoms with E-state index in [0.29, 0.717) is 17.3 Å². The van der Waals surface area contributed by atoms with Gasteiger partial charge in [-0.05, 0) is 20.8 Å². The molecule has 1 N–H and O–H groups in total. The Labute approximate surface area is 78.3 Å². The van der Waals surface area contributed by atoms with Gasteiger partial charge in [-0.3, -0.25) is 0 Å². The van der Waals surface area contributed by atoms with Crippen LogP contribution >= 0.6 is 0 Å². The fourth-order valence-corrected chi connectivity index (χ4v) is 1.16. The van der Waals surface area contributed by atoms with Gasteiger partial charge < -0.3 is 14.3 Å². The Bertz CT molecular complexity index is 287. The largest absolute Gasteiger partial charge is 0.502 e. The van der Waals surface area contributed by atoms with E-state index in [0.717, 1.165) is 6.42 Å². The van der Waals surface area contributed by atoms with Crippen LogP contribution in [0, 0.1) is 6.92 Å². The maximum atomic E-state index is 9.58. The van der Waals surface area contributed by atoms with Crippen molar-refractivity contribution in [2.75, 3.05) is 0 Å². The Balaban J connectivity index is 3.01. The molecule has 0 amide bonds. The predicted octanol–water partition coefficient (Wildman–Crippen LogP) is 2.64. The molecule has 0 aliphatic rings. The lowest BCUT2D eigenvalue weighted by Gasteiger charge is -2.08. The number of ether oxygens (including phenoxy) is 1. The van der Waals surface area contributed by atoms with E-state index in [4.69, 9.17) is 9.15 Å². The molecule has 0 aliphatic carbocycles. The number of hydrogen-bond donors (Lipinski definition) is 1. The first kappa shape index (κ1) is 9.96. The Kier molecular flexibility index (Phi) is 2.86. The summed E-state index contributed by atoms with van der Waals surface area (Å²) >= 11 is 0. The summed E-state index contributed by atoms with van der Waals surface area (Å²) < 4.78 is 10.8. The van der Waals surface area contributed by atoms with Crippen molar-refractivity contribution in [3.05, 3.63) is 11.5 Å². The molecule has 1 aromatic heterocycles. The highest BCUT2D eigenvalue weighted by atomic mass is 16.5. The van der Waals surface area contributed by atoms with E-state index in [1.54, 1.807) is 6.92 Å². The van der Waals surface area contributed by atoms with Gasteiger partial charge in [0.15, 0.2) is 5.75 Å². The van der Waals surface area contributed by atoms with Gasteiger partial charge in [0.2, 0.25) is 5.75 Å². The first-order valence-corrected chi connectivity index (χ1v) is 4.54. The molecule has 0 atom stereocenters. The average Bonchev–Trinajstić information content (AvgIpc) is 2.31. The Morgan fingerprint density at radius 2 is 2.08 bits per heavy atom. The van der Waals surface area contributed by atoms with E-state index in [1.807, 2.05) is 20.8 Å². The first-order chi connectivity index (χ1) is 6.06. The molecule has 0 unspecified atom stereocenters. The van der Waals surface area contributed by atoms with Gasteiger partial charge in [-0.1, -0.05) is 6.92 Å². The van der Waals surface area contributed by atoms with E-state index < -0.39 is 0 Å². The fraction of sp³-hybridized carbons (Fsp3) is 0.600. The van der Waals surface area contributed by atoms with Crippen LogP contribution < -0.4 is 4.74 Å². The minimum Gasteiger partial charge on any atom is -0.502 e. The molecule has 3 nitrogen and oxygen atoms in total. The van der Waals surface area contributed by atoms with Crippen LogP contribution in [0.25, 0.3) is 0 Å². The van der Waals surface area contributed by atoms with Crippen LogP contribution in [0.4, 0.5) is 0 Å². The molecule has 1 aromatic rings. The molecule has 0 aromatic carbocycles. The Hall–Kier alpha value is -1.12. The number of rotatable bonds is 3. The zero-order chi connectivity index (χ0) is 10.0. The fourth-order valence-electron chi connectivity index (χ4n) is 1.16. The van der Waals surface area contributed by atoms with Crippen molar-refractivity contribution in [1.82, 2.24) is 0 Å². The second-order valence-electron chi connectivity index (χ2n) is 3.28. The lowest BCUT2D eigenvalue weighted by molar-refractivity contribution is 0.228. The van der Waals surface area contributed by atoms with Crippen molar-refractivity contribution in [2.24, 2.45) is 0 Å². The molecule has 13 heavy (non-hydrogen) atoms. The van der Waals surface area contributed by atoms with Gasteiger partial charge in [0.05, 0.1) is 6.10 Å². The molecular weight excluding hydrogens is 168 g/mol. The van der Waals surface area contributed by atoms with Crippen molar-refractivity contribution in [3.63, 3.8) is 0 Å². The Morgan fingerprint density at radius 1 is 1.46 bits per heavy atom. The van der Waals surface area contributed by atoms with E-state index >= 15 is 0 Å². The van der Waals surface area contributed by atoms with Crippen molar-refractivity contribution < 1.29 is 14.3 Å². The highest BCUT2D eigenvalue weighted by Gasteiger charge is 2.17. The third-order valence-electron chi connectivity index (χ3n) is 1.75. The molecule has 0 spiro atoms. The van der Waals surface area contributed by atoms with Crippen LogP contribution in [0.5, 0.6) is 11.5 Å². The van der Waals surface area contributed by atoms with Gasteiger partial charge >= 0.3 is 0 Å². The van der Waals surface area contributed by atoms with Gasteiger partial charge in [0, 0.05) is 6.42 Å². The normalized spacial score (nSPS) is 10.8. The van der Waals surface area contributed by atoms with Crippen LogP contribution in [0.15, 0.2) is 4.42 Å². The monoisotopic (exact) mass is 184 g/mol. The smallest absolute Gasteiger partial charge is 0.203 e. The zero-order valence-electron chi connectivity index (χ0n) is 8.55. The summed E-state index contributed by atoms with van der Waals surface area (Å²) in [6.07, 6.45) is 0.775. The average molecular weight is 184 g/mol. The van der Waals surface area contributed by atoms with Gasteiger partial charge in [-0.2, -0.15) is 0 Å². The molecule has 1 heterocycles. The summed E-state index contributed by atoms with van der Waals surface area (Å²) in [5.74, 6) is 1.86. The molecule has 0 aliphatic heterocycles. The predicted molar refractivity (Wildman–Crippen MR) is 50.3 cm³/mol. The van der Waals surface area contributed by atoms with Gasteiger partial charge in [-0.15, -0.1) is 0 Å². The van der Waals surface area contributed by atoms with Crippen molar-refractivity contribution in [3.8, 4) is 11.5 Å². The molecule has 74 valence electrons. The third-order valence-corrected chi connectivity index (χ3v) is 1.75. The molecule has 3 heteroatoms. The summed E-state index contributed by atoms with van der Waals surface area (Å²) in [5, 5.41) is 9.58. The summed E-state index contributed by atoms with van der Waals surface area (Å²) in [4.78, 5) is 0. The summed E-state index contributed by atoms with van der Waals surface area (Å²) in [5.41, 5.74) is 0. The second-order valence-corrected chi connectivity index (χ2v) is 3.28. The van der Waals surface area contributed by atoms with Crippen molar-refractivity contribution in [1.29, 1.82) is 0 Å². The quantitative estimate of drug-likeness (QED) is 0.785. The zero-order valence-corrected chi connectivity index (χ0v) is 8.55. The molecule has 0 bridgehead atoms. The standard InChI is InChI=1S/C10H16O3/c1-5-8-10(12-6(2)3)9(11)7(4)13-8/h6,11H,5H2,1-4H3. The molecule has 1 rings (SSSR count). The minimum atomic E-state index is 0.0493. The topological polar surface area (TPSA) is 42.6 Å². The minimum absolute atomic E-state index is 0.0493. The molecule has 0 saturated heterocycles. The highest BCUT2D eigenvalue weighted by Crippen LogP contribution is 2.37. The van der Waals surface area contributed by atoms with Gasteiger partial charge in [0.25, 0.3) is 0 Å². The van der Waals surface area contributed by atoms with Gasteiger partial charge in [0.1, 0.15) is 11.5 Å². The van der Waals surface area contributed by atoms with E-state index in [9.17, 15) is 5.11 Å². The lowest BCUT2D eigenvalue weighted by atomic mass is 10.3. The molecule has 0 fully saturated rings. The van der Waals surface area contributed by atoms with E-state index in [2.05, 4.69) is 0 Å². The van der Waals surface area contributed by atoms with E-state index in [-0.39, 0.29) is 11.9 Å². The van der Waals surface area contributed by atoms with Crippen LogP contribution in [-0.4, -0.2) is 11.2 Å². The molecule has 0 saturated carbocycles. The Morgan fingerprint density at radius 3 is 2.54 bits per heavy atom. The SMILES string of the molecule is CCc1oc(C)c(O)c1OC(C)C. The summed E-state index contributed by atoms with van der Waals surface area (Å²) in [7, 11) is 0. The number of hydrogen-bond acceptors (Lipinski definition) is 3. The first-order valence-electron chi connectivity index (χ1n) is 4.54. The number of aromatic hydroxyl groups is 1. The van der Waals surface area contributed by atoms with E-state index in [1.165, 1.54) is 0 Å². The number of furan rings is 1. The lowest BCUT2D eigenvalue weighted by Crippen LogP contribution is -2.06. The van der Waals surface area contributed by atoms with Crippen LogP contribution in [0.1, 0.15) is 32.3 Å². The third kappa shape index (κ3) is 1.97. The summed E-state index contributed by atoms with van der Waals surface area (Å²) in [6.45, 7) is 7.52. The maximum Gasteiger partial charge on any atom is 0.203 e. The van der Waals surface area contributed by atoms with Crippen molar-refractivity contribution >= 4 is 0 Å². The second kappa shape index (κ2) is 3.73. The summed E-state index contributed by atoms with van der Waals surface area (Å²) in [6, 6.07) is 0. The van der Waals surface area contributed by atoms with Gasteiger partial charge in [-0.25, -0.2) is 0 Å².